The van der Waals surface area contributed by atoms with Crippen molar-refractivity contribution >= 4 is 27.8 Å². The highest BCUT2D eigenvalue weighted by Gasteiger charge is 2.12. The molecule has 1 rings (SSSR count). The molecule has 0 spiro atoms. The summed E-state index contributed by atoms with van der Waals surface area (Å²) >= 11 is 3.17. The van der Waals surface area contributed by atoms with Gasteiger partial charge in [0.1, 0.15) is 10.3 Å². The molecule has 1 heterocycles. The minimum absolute atomic E-state index is 0.302. The minimum atomic E-state index is -0.861. The van der Waals surface area contributed by atoms with Crippen LogP contribution < -0.4 is 5.32 Å². The van der Waals surface area contributed by atoms with Gasteiger partial charge in [-0.2, -0.15) is 0 Å². The molecule has 6 heteroatoms. The molecule has 1 atom stereocenters. The van der Waals surface area contributed by atoms with E-state index in [9.17, 15) is 9.59 Å². The average Bonchev–Trinajstić information content (AvgIpc) is 2.28. The second-order valence-corrected chi connectivity index (χ2v) is 4.44. The number of rotatable bonds is 5. The number of hydrogen-bond acceptors (Lipinski definition) is 3. The van der Waals surface area contributed by atoms with Crippen LogP contribution in [-0.4, -0.2) is 28.5 Å². The number of halogens is 1. The summed E-state index contributed by atoms with van der Waals surface area (Å²) in [7, 11) is 0. The van der Waals surface area contributed by atoms with E-state index in [2.05, 4.69) is 26.2 Å². The first-order chi connectivity index (χ1) is 8.00. The molecule has 2 N–H and O–H groups in total. The third kappa shape index (κ3) is 4.52. The number of amides is 1. The van der Waals surface area contributed by atoms with E-state index in [1.165, 1.54) is 0 Å². The van der Waals surface area contributed by atoms with Crippen molar-refractivity contribution in [2.45, 2.75) is 13.3 Å². The second-order valence-electron chi connectivity index (χ2n) is 3.63. The number of carboxylic acid groups (broad SMARTS) is 1. The van der Waals surface area contributed by atoms with Gasteiger partial charge in [-0.05, 0) is 34.5 Å². The van der Waals surface area contributed by atoms with Crippen molar-refractivity contribution in [3.63, 3.8) is 0 Å². The van der Waals surface area contributed by atoms with Gasteiger partial charge in [0, 0.05) is 6.54 Å². The monoisotopic (exact) mass is 300 g/mol. The Morgan fingerprint density at radius 2 is 2.24 bits per heavy atom. The van der Waals surface area contributed by atoms with Crippen LogP contribution in [0.4, 0.5) is 0 Å². The molecule has 17 heavy (non-hydrogen) atoms. The molecule has 1 aromatic rings. The van der Waals surface area contributed by atoms with Crippen molar-refractivity contribution in [2.24, 2.45) is 5.92 Å². The molecule has 1 unspecified atom stereocenters. The third-order valence-electron chi connectivity index (χ3n) is 2.23. The van der Waals surface area contributed by atoms with Crippen molar-refractivity contribution in [1.82, 2.24) is 10.3 Å². The molecule has 0 aromatic carbocycles. The lowest BCUT2D eigenvalue weighted by atomic mass is 10.1. The van der Waals surface area contributed by atoms with Crippen molar-refractivity contribution < 1.29 is 14.7 Å². The molecule has 0 radical (unpaired) electrons. The number of aliphatic carboxylic acids is 1. The number of carboxylic acids is 1. The summed E-state index contributed by atoms with van der Waals surface area (Å²) in [6, 6.07) is 5.04. The maximum absolute atomic E-state index is 11.6. The van der Waals surface area contributed by atoms with E-state index in [4.69, 9.17) is 5.11 Å². The van der Waals surface area contributed by atoms with Crippen LogP contribution in [0.3, 0.4) is 0 Å². The fourth-order valence-corrected chi connectivity index (χ4v) is 1.49. The zero-order chi connectivity index (χ0) is 12.8. The Morgan fingerprint density at radius 1 is 1.53 bits per heavy atom. The van der Waals surface area contributed by atoms with Crippen LogP contribution in [0.25, 0.3) is 0 Å². The fourth-order valence-electron chi connectivity index (χ4n) is 1.15. The zero-order valence-corrected chi connectivity index (χ0v) is 10.9. The number of hydrogen-bond donors (Lipinski definition) is 2. The largest absolute Gasteiger partial charge is 0.481 e. The van der Waals surface area contributed by atoms with Gasteiger partial charge in [0.2, 0.25) is 0 Å². The van der Waals surface area contributed by atoms with E-state index >= 15 is 0 Å². The molecule has 0 aliphatic rings. The molecule has 0 saturated heterocycles. The van der Waals surface area contributed by atoms with Crippen molar-refractivity contribution in [3.05, 3.63) is 28.5 Å². The average molecular weight is 301 g/mol. The van der Waals surface area contributed by atoms with E-state index in [1.54, 1.807) is 25.1 Å². The van der Waals surface area contributed by atoms with Crippen LogP contribution >= 0.6 is 15.9 Å². The van der Waals surface area contributed by atoms with Gasteiger partial charge in [-0.1, -0.05) is 13.0 Å². The summed E-state index contributed by atoms with van der Waals surface area (Å²) in [6.07, 6.45) is 0.398. The molecule has 0 saturated carbocycles. The van der Waals surface area contributed by atoms with Crippen LogP contribution in [0.15, 0.2) is 22.8 Å². The SMILES string of the molecule is CC(CCNC(=O)c1cccc(Br)n1)C(=O)O. The van der Waals surface area contributed by atoms with Gasteiger partial charge in [0.15, 0.2) is 0 Å². The van der Waals surface area contributed by atoms with Crippen LogP contribution in [0.5, 0.6) is 0 Å². The Labute approximate surface area is 107 Å². The highest BCUT2D eigenvalue weighted by atomic mass is 79.9. The van der Waals surface area contributed by atoms with Gasteiger partial charge in [0.25, 0.3) is 5.91 Å². The summed E-state index contributed by atoms with van der Waals surface area (Å²) < 4.78 is 0.587. The van der Waals surface area contributed by atoms with E-state index in [0.717, 1.165) is 0 Å². The summed E-state index contributed by atoms with van der Waals surface area (Å²) in [6.45, 7) is 1.92. The lowest BCUT2D eigenvalue weighted by Gasteiger charge is -2.07. The van der Waals surface area contributed by atoms with Gasteiger partial charge >= 0.3 is 5.97 Å². The lowest BCUT2D eigenvalue weighted by Crippen LogP contribution is -2.27. The number of aromatic nitrogens is 1. The normalized spacial score (nSPS) is 11.9. The first-order valence-electron chi connectivity index (χ1n) is 5.14. The van der Waals surface area contributed by atoms with E-state index in [0.29, 0.717) is 23.3 Å². The first kappa shape index (κ1) is 13.6. The van der Waals surface area contributed by atoms with Gasteiger partial charge in [-0.25, -0.2) is 4.98 Å². The van der Waals surface area contributed by atoms with Gasteiger partial charge < -0.3 is 10.4 Å². The molecule has 0 bridgehead atoms. The van der Waals surface area contributed by atoms with Gasteiger partial charge in [0.05, 0.1) is 5.92 Å². The minimum Gasteiger partial charge on any atom is -0.481 e. The Balaban J connectivity index is 2.43. The van der Waals surface area contributed by atoms with Crippen LogP contribution in [0.1, 0.15) is 23.8 Å². The Bertz CT molecular complexity index is 423. The summed E-state index contributed by atoms with van der Waals surface area (Å²) in [5.41, 5.74) is 0.308. The number of carbonyl (C=O) groups is 2. The lowest BCUT2D eigenvalue weighted by molar-refractivity contribution is -0.141. The molecule has 0 aliphatic carbocycles. The highest BCUT2D eigenvalue weighted by molar-refractivity contribution is 9.10. The second kappa shape index (κ2) is 6.34. The standard InChI is InChI=1S/C11H13BrN2O3/c1-7(11(16)17)5-6-13-10(15)8-3-2-4-9(12)14-8/h2-4,7H,5-6H2,1H3,(H,13,15)(H,16,17). The van der Waals surface area contributed by atoms with Crippen molar-refractivity contribution in [1.29, 1.82) is 0 Å². The predicted molar refractivity (Wildman–Crippen MR) is 65.7 cm³/mol. The quantitative estimate of drug-likeness (QED) is 0.811. The maximum Gasteiger partial charge on any atom is 0.306 e. The molecule has 92 valence electrons. The maximum atomic E-state index is 11.6. The first-order valence-corrected chi connectivity index (χ1v) is 5.93. The fraction of sp³-hybridized carbons (Fsp3) is 0.364. The van der Waals surface area contributed by atoms with E-state index in [-0.39, 0.29) is 5.91 Å². The van der Waals surface area contributed by atoms with Crippen LogP contribution in [0.2, 0.25) is 0 Å². The van der Waals surface area contributed by atoms with E-state index in [1.807, 2.05) is 0 Å². The number of carbonyl (C=O) groups excluding carboxylic acids is 1. The van der Waals surface area contributed by atoms with Crippen LogP contribution in [-0.2, 0) is 4.79 Å². The molecule has 0 aliphatic heterocycles. The molecular weight excluding hydrogens is 288 g/mol. The molecule has 5 nitrogen and oxygen atoms in total. The van der Waals surface area contributed by atoms with Gasteiger partial charge in [-0.3, -0.25) is 9.59 Å². The third-order valence-corrected chi connectivity index (χ3v) is 2.67. The Kier molecular flexibility index (Phi) is 5.09. The summed E-state index contributed by atoms with van der Waals surface area (Å²) in [5, 5.41) is 11.3. The topological polar surface area (TPSA) is 79.3 Å². The molecular formula is C11H13BrN2O3. The predicted octanol–water partition coefficient (Wildman–Crippen LogP) is 1.68. The Morgan fingerprint density at radius 3 is 2.82 bits per heavy atom. The highest BCUT2D eigenvalue weighted by Crippen LogP contribution is 2.06. The van der Waals surface area contributed by atoms with Crippen molar-refractivity contribution in [3.8, 4) is 0 Å². The zero-order valence-electron chi connectivity index (χ0n) is 9.31. The molecule has 1 aromatic heterocycles. The molecule has 0 fully saturated rings. The molecule has 1 amide bonds. The smallest absolute Gasteiger partial charge is 0.306 e. The summed E-state index contributed by atoms with van der Waals surface area (Å²) in [5.74, 6) is -1.63. The van der Waals surface area contributed by atoms with Gasteiger partial charge in [-0.15, -0.1) is 0 Å². The number of pyridine rings is 1. The van der Waals surface area contributed by atoms with Crippen LogP contribution in [0, 0.1) is 5.92 Å². The summed E-state index contributed by atoms with van der Waals surface area (Å²) in [4.78, 5) is 26.2. The van der Waals surface area contributed by atoms with E-state index < -0.39 is 11.9 Å². The Hall–Kier alpha value is -1.43. The number of nitrogens with one attached hydrogen (secondary N) is 1. The van der Waals surface area contributed by atoms with Crippen molar-refractivity contribution in [2.75, 3.05) is 6.54 Å². The number of nitrogens with zero attached hydrogens (tertiary/aromatic N) is 1.